The first-order valence-corrected chi connectivity index (χ1v) is 12.7. The van der Waals surface area contributed by atoms with Crippen LogP contribution in [0.2, 0.25) is 0 Å². The molecule has 0 heterocycles. The second-order valence-electron chi connectivity index (χ2n) is 7.46. The van der Waals surface area contributed by atoms with Gasteiger partial charge in [-0.15, -0.1) is 0 Å². The van der Waals surface area contributed by atoms with Crippen LogP contribution in [0.25, 0.3) is 0 Å². The predicted molar refractivity (Wildman–Crippen MR) is 126 cm³/mol. The van der Waals surface area contributed by atoms with Gasteiger partial charge in [0, 0.05) is 10.9 Å². The van der Waals surface area contributed by atoms with Gasteiger partial charge in [-0.05, 0) is 38.9 Å². The summed E-state index contributed by atoms with van der Waals surface area (Å²) in [4.78, 5) is 1.24. The fourth-order valence-corrected chi connectivity index (χ4v) is 9.64. The van der Waals surface area contributed by atoms with E-state index in [1.165, 1.54) is 20.8 Å². The van der Waals surface area contributed by atoms with Crippen LogP contribution in [0.1, 0.15) is 20.8 Å². The second-order valence-corrected chi connectivity index (χ2v) is 12.8. The van der Waals surface area contributed by atoms with Crippen molar-refractivity contribution in [2.24, 2.45) is 5.41 Å². The van der Waals surface area contributed by atoms with E-state index in [1.54, 1.807) is 11.8 Å². The number of rotatable bonds is 5. The fourth-order valence-electron chi connectivity index (χ4n) is 3.05. The molecule has 3 rings (SSSR count). The van der Waals surface area contributed by atoms with Crippen molar-refractivity contribution < 1.29 is 0 Å². The molecule has 0 saturated carbocycles. The first-order chi connectivity index (χ1) is 12.9. The lowest BCUT2D eigenvalue weighted by Crippen LogP contribution is -2.23. The molecule has 3 aromatic rings. The Balaban J connectivity index is 2.19. The molecule has 0 N–H and O–H groups in total. The zero-order valence-electron chi connectivity index (χ0n) is 16.0. The molecule has 138 valence electrons. The standard InChI is InChI=1S/C24H25PS2/c1-24(2,3)23(19-27-22-17-11-6-12-18-22)25(26,20-13-7-4-8-14-20)21-15-9-5-10-16-21/h4-19H,1-3H3/b23-19+. The Kier molecular flexibility index (Phi) is 6.42. The Labute approximate surface area is 172 Å². The molecule has 27 heavy (non-hydrogen) atoms. The van der Waals surface area contributed by atoms with Gasteiger partial charge in [-0.3, -0.25) is 0 Å². The molecular weight excluding hydrogens is 383 g/mol. The van der Waals surface area contributed by atoms with Crippen LogP contribution in [0.4, 0.5) is 0 Å². The van der Waals surface area contributed by atoms with E-state index in [2.05, 4.69) is 117 Å². The van der Waals surface area contributed by atoms with E-state index < -0.39 is 6.04 Å². The molecule has 0 radical (unpaired) electrons. The zero-order valence-corrected chi connectivity index (χ0v) is 18.5. The summed E-state index contributed by atoms with van der Waals surface area (Å²) in [6.07, 6.45) is 0. The zero-order chi connectivity index (χ0) is 19.3. The molecule has 0 aliphatic rings. The summed E-state index contributed by atoms with van der Waals surface area (Å²) in [6.45, 7) is 6.83. The highest BCUT2D eigenvalue weighted by atomic mass is 32.4. The second kappa shape index (κ2) is 8.61. The summed E-state index contributed by atoms with van der Waals surface area (Å²) < 4.78 is 0. The number of hydrogen-bond acceptors (Lipinski definition) is 2. The van der Waals surface area contributed by atoms with Crippen LogP contribution in [0.15, 0.2) is 107 Å². The maximum Gasteiger partial charge on any atom is 0.0351 e. The average Bonchev–Trinajstić information content (AvgIpc) is 2.69. The molecule has 0 amide bonds. The average molecular weight is 409 g/mol. The molecule has 0 spiro atoms. The van der Waals surface area contributed by atoms with Crippen molar-refractivity contribution in [3.63, 3.8) is 0 Å². The van der Waals surface area contributed by atoms with Crippen molar-refractivity contribution in [1.29, 1.82) is 0 Å². The molecule has 0 saturated heterocycles. The molecule has 0 unspecified atom stereocenters. The highest BCUT2D eigenvalue weighted by Gasteiger charge is 2.34. The quantitative estimate of drug-likeness (QED) is 0.336. The maximum atomic E-state index is 6.55. The first-order valence-electron chi connectivity index (χ1n) is 9.06. The molecule has 0 nitrogen and oxygen atoms in total. The Morgan fingerprint density at radius 1 is 0.741 bits per heavy atom. The summed E-state index contributed by atoms with van der Waals surface area (Å²) in [5.74, 6) is 0. The minimum atomic E-state index is -2.12. The van der Waals surface area contributed by atoms with Crippen LogP contribution in [-0.2, 0) is 11.8 Å². The van der Waals surface area contributed by atoms with E-state index in [1.807, 2.05) is 0 Å². The monoisotopic (exact) mass is 408 g/mol. The van der Waals surface area contributed by atoms with Crippen LogP contribution < -0.4 is 10.6 Å². The summed E-state index contributed by atoms with van der Waals surface area (Å²) >= 11 is 8.32. The normalized spacial score (nSPS) is 12.8. The molecule has 0 atom stereocenters. The topological polar surface area (TPSA) is 0 Å². The van der Waals surface area contributed by atoms with Crippen molar-refractivity contribution in [1.82, 2.24) is 0 Å². The minimum Gasteiger partial charge on any atom is -0.0977 e. The molecule has 0 aliphatic carbocycles. The third-order valence-corrected chi connectivity index (χ3v) is 10.9. The summed E-state index contributed by atoms with van der Waals surface area (Å²) in [6, 6.07) is 29.7. The maximum absolute atomic E-state index is 6.55. The number of thioether (sulfide) groups is 1. The lowest BCUT2D eigenvalue weighted by atomic mass is 9.97. The molecule has 3 aromatic carbocycles. The summed E-state index contributed by atoms with van der Waals surface area (Å²) in [7, 11) is 0. The number of allylic oxidation sites excluding steroid dienone is 1. The Hall–Kier alpha value is -1.60. The van der Waals surface area contributed by atoms with E-state index in [4.69, 9.17) is 11.8 Å². The van der Waals surface area contributed by atoms with Gasteiger partial charge < -0.3 is 0 Å². The minimum absolute atomic E-state index is 0.0248. The SMILES string of the molecule is CC(C)(C)/C(=C\Sc1ccccc1)P(=S)(c1ccccc1)c1ccccc1. The van der Waals surface area contributed by atoms with Crippen LogP contribution in [-0.4, -0.2) is 0 Å². The molecule has 3 heteroatoms. The van der Waals surface area contributed by atoms with E-state index in [-0.39, 0.29) is 5.41 Å². The van der Waals surface area contributed by atoms with Gasteiger partial charge in [-0.1, -0.05) is 123 Å². The van der Waals surface area contributed by atoms with Gasteiger partial charge in [-0.2, -0.15) is 0 Å². The van der Waals surface area contributed by atoms with Gasteiger partial charge in [-0.25, -0.2) is 0 Å². The third-order valence-electron chi connectivity index (χ3n) is 4.40. The highest BCUT2D eigenvalue weighted by molar-refractivity contribution is 8.24. The Morgan fingerprint density at radius 3 is 1.56 bits per heavy atom. The van der Waals surface area contributed by atoms with E-state index in [9.17, 15) is 0 Å². The van der Waals surface area contributed by atoms with Gasteiger partial charge in [0.1, 0.15) is 0 Å². The molecular formula is C24H25PS2. The Bertz CT molecular complexity index is 896. The molecule has 0 bridgehead atoms. The van der Waals surface area contributed by atoms with E-state index in [0.29, 0.717) is 0 Å². The van der Waals surface area contributed by atoms with Crippen LogP contribution in [0.5, 0.6) is 0 Å². The van der Waals surface area contributed by atoms with Crippen LogP contribution >= 0.6 is 17.8 Å². The van der Waals surface area contributed by atoms with E-state index >= 15 is 0 Å². The van der Waals surface area contributed by atoms with Crippen molar-refractivity contribution in [2.75, 3.05) is 0 Å². The third kappa shape index (κ3) is 4.63. The highest BCUT2D eigenvalue weighted by Crippen LogP contribution is 2.59. The van der Waals surface area contributed by atoms with Gasteiger partial charge in [0.15, 0.2) is 0 Å². The smallest absolute Gasteiger partial charge is 0.0351 e. The number of benzene rings is 3. The number of hydrogen-bond donors (Lipinski definition) is 0. The van der Waals surface area contributed by atoms with Crippen LogP contribution in [0, 0.1) is 5.41 Å². The van der Waals surface area contributed by atoms with Gasteiger partial charge in [0.05, 0.1) is 0 Å². The molecule has 0 aliphatic heterocycles. The van der Waals surface area contributed by atoms with Crippen molar-refractivity contribution >= 4 is 40.2 Å². The molecule has 0 fully saturated rings. The summed E-state index contributed by atoms with van der Waals surface area (Å²) in [5.41, 5.74) is -0.0248. The predicted octanol–water partition coefficient (Wildman–Crippen LogP) is 6.80. The Morgan fingerprint density at radius 2 is 1.15 bits per heavy atom. The largest absolute Gasteiger partial charge is 0.0977 e. The van der Waals surface area contributed by atoms with Crippen molar-refractivity contribution in [3.8, 4) is 0 Å². The first kappa shape index (κ1) is 20.1. The van der Waals surface area contributed by atoms with Gasteiger partial charge in [0.2, 0.25) is 0 Å². The van der Waals surface area contributed by atoms with Crippen molar-refractivity contribution in [3.05, 3.63) is 102 Å². The van der Waals surface area contributed by atoms with Gasteiger partial charge in [0.25, 0.3) is 0 Å². The van der Waals surface area contributed by atoms with E-state index in [0.717, 1.165) is 0 Å². The fraction of sp³-hybridized carbons (Fsp3) is 0.167. The lowest BCUT2D eigenvalue weighted by Gasteiger charge is -2.34. The van der Waals surface area contributed by atoms with Crippen molar-refractivity contribution in [2.45, 2.75) is 25.7 Å². The van der Waals surface area contributed by atoms with Gasteiger partial charge >= 0.3 is 0 Å². The summed E-state index contributed by atoms with van der Waals surface area (Å²) in [5, 5.41) is 6.16. The molecule has 0 aromatic heterocycles. The lowest BCUT2D eigenvalue weighted by molar-refractivity contribution is 0.532. The van der Waals surface area contributed by atoms with Crippen LogP contribution in [0.3, 0.4) is 0 Å².